The first-order valence-electron chi connectivity index (χ1n) is 7.24. The number of aromatic amines is 1. The van der Waals surface area contributed by atoms with Crippen LogP contribution in [-0.2, 0) is 4.74 Å². The van der Waals surface area contributed by atoms with Gasteiger partial charge in [-0.1, -0.05) is 48.6 Å². The topological polar surface area (TPSA) is 42.1 Å². The van der Waals surface area contributed by atoms with E-state index >= 15 is 0 Å². The number of thiophene rings is 1. The van der Waals surface area contributed by atoms with Crippen molar-refractivity contribution in [3.8, 4) is 21.7 Å². The Kier molecular flexibility index (Phi) is 4.69. The molecule has 0 saturated carbocycles. The van der Waals surface area contributed by atoms with Crippen molar-refractivity contribution in [2.45, 2.75) is 6.92 Å². The summed E-state index contributed by atoms with van der Waals surface area (Å²) in [5.41, 5.74) is 3.04. The van der Waals surface area contributed by atoms with Crippen molar-refractivity contribution in [2.75, 3.05) is 6.61 Å². The highest BCUT2D eigenvalue weighted by atomic mass is 32.1. The number of benzene rings is 1. The van der Waals surface area contributed by atoms with E-state index in [1.807, 2.05) is 53.9 Å². The van der Waals surface area contributed by atoms with Crippen LogP contribution in [0.25, 0.3) is 21.7 Å². The summed E-state index contributed by atoms with van der Waals surface area (Å²) in [4.78, 5) is 16.6. The molecule has 0 saturated heterocycles. The van der Waals surface area contributed by atoms with Crippen molar-refractivity contribution in [3.63, 3.8) is 0 Å². The fraction of sp³-hybridized carbons (Fsp3) is 0.111. The second-order valence-electron chi connectivity index (χ2n) is 4.86. The van der Waals surface area contributed by atoms with Crippen molar-refractivity contribution in [1.82, 2.24) is 4.98 Å². The van der Waals surface area contributed by atoms with Crippen LogP contribution in [0.4, 0.5) is 0 Å². The van der Waals surface area contributed by atoms with Gasteiger partial charge in [-0.3, -0.25) is 0 Å². The molecule has 3 nitrogen and oxygen atoms in total. The third-order valence-electron chi connectivity index (χ3n) is 3.38. The molecule has 0 amide bonds. The lowest BCUT2D eigenvalue weighted by Gasteiger charge is -2.11. The molecule has 0 radical (unpaired) electrons. The van der Waals surface area contributed by atoms with Crippen LogP contribution in [0.3, 0.4) is 0 Å². The lowest BCUT2D eigenvalue weighted by Crippen LogP contribution is -2.09. The SMILES string of the molecule is CCOC(=O)c1c(-c2ccccc2)cc(-c2cccs2)[nH]c1=S. The number of esters is 1. The molecule has 3 rings (SSSR count). The Labute approximate surface area is 143 Å². The number of hydrogen-bond donors (Lipinski definition) is 1. The van der Waals surface area contributed by atoms with Gasteiger partial charge in [0, 0.05) is 5.56 Å². The van der Waals surface area contributed by atoms with E-state index in [1.165, 1.54) is 0 Å². The summed E-state index contributed by atoms with van der Waals surface area (Å²) in [5, 5.41) is 2.01. The summed E-state index contributed by atoms with van der Waals surface area (Å²) in [5.74, 6) is -0.398. The number of aromatic nitrogens is 1. The first kappa shape index (κ1) is 15.6. The highest BCUT2D eigenvalue weighted by molar-refractivity contribution is 7.71. The second-order valence-corrected chi connectivity index (χ2v) is 6.22. The predicted octanol–water partition coefficient (Wildman–Crippen LogP) is 5.32. The first-order valence-corrected chi connectivity index (χ1v) is 8.53. The van der Waals surface area contributed by atoms with E-state index in [0.717, 1.165) is 21.7 Å². The van der Waals surface area contributed by atoms with E-state index in [2.05, 4.69) is 4.98 Å². The second kappa shape index (κ2) is 6.89. The summed E-state index contributed by atoms with van der Waals surface area (Å²) < 4.78 is 5.57. The van der Waals surface area contributed by atoms with Gasteiger partial charge in [0.05, 0.1) is 17.2 Å². The van der Waals surface area contributed by atoms with E-state index in [1.54, 1.807) is 18.3 Å². The molecule has 5 heteroatoms. The highest BCUT2D eigenvalue weighted by Crippen LogP contribution is 2.31. The predicted molar refractivity (Wildman–Crippen MR) is 96.3 cm³/mol. The van der Waals surface area contributed by atoms with Crippen LogP contribution in [0.1, 0.15) is 17.3 Å². The molecule has 0 aliphatic heterocycles. The molecule has 3 aromatic rings. The maximum Gasteiger partial charge on any atom is 0.341 e. The largest absolute Gasteiger partial charge is 0.462 e. The molecule has 116 valence electrons. The molecule has 1 aromatic carbocycles. The minimum Gasteiger partial charge on any atom is -0.462 e. The summed E-state index contributed by atoms with van der Waals surface area (Å²) in [7, 11) is 0. The number of carbonyl (C=O) groups is 1. The number of carbonyl (C=O) groups excluding carboxylic acids is 1. The van der Waals surface area contributed by atoms with Gasteiger partial charge in [-0.2, -0.15) is 0 Å². The standard InChI is InChI=1S/C18H15NO2S2/c1-2-21-18(20)16-13(12-7-4-3-5-8-12)11-14(19-17(16)22)15-9-6-10-23-15/h3-11H,2H2,1H3,(H,19,22). The van der Waals surface area contributed by atoms with Gasteiger partial charge in [0.2, 0.25) is 0 Å². The monoisotopic (exact) mass is 341 g/mol. The van der Waals surface area contributed by atoms with Crippen LogP contribution < -0.4 is 0 Å². The van der Waals surface area contributed by atoms with Crippen LogP contribution in [0, 0.1) is 4.64 Å². The van der Waals surface area contributed by atoms with E-state index < -0.39 is 5.97 Å². The van der Waals surface area contributed by atoms with Crippen LogP contribution in [0.15, 0.2) is 53.9 Å². The number of ether oxygens (including phenoxy) is 1. The molecule has 2 aromatic heterocycles. The molecule has 0 atom stereocenters. The van der Waals surface area contributed by atoms with Crippen molar-refractivity contribution >= 4 is 29.5 Å². The Hall–Kier alpha value is -2.24. The molecule has 2 heterocycles. The van der Waals surface area contributed by atoms with E-state index in [4.69, 9.17) is 17.0 Å². The van der Waals surface area contributed by atoms with Gasteiger partial charge in [0.1, 0.15) is 10.2 Å². The van der Waals surface area contributed by atoms with Gasteiger partial charge >= 0.3 is 5.97 Å². The quantitative estimate of drug-likeness (QED) is 0.516. The molecular formula is C18H15NO2S2. The van der Waals surface area contributed by atoms with Crippen molar-refractivity contribution in [2.24, 2.45) is 0 Å². The molecule has 0 bridgehead atoms. The van der Waals surface area contributed by atoms with Gasteiger partial charge in [0.15, 0.2) is 0 Å². The average molecular weight is 341 g/mol. The molecule has 0 unspecified atom stereocenters. The van der Waals surface area contributed by atoms with Crippen molar-refractivity contribution < 1.29 is 9.53 Å². The fourth-order valence-electron chi connectivity index (χ4n) is 2.38. The van der Waals surface area contributed by atoms with E-state index in [0.29, 0.717) is 16.8 Å². The van der Waals surface area contributed by atoms with Gasteiger partial charge in [-0.15, -0.1) is 11.3 Å². The summed E-state index contributed by atoms with van der Waals surface area (Å²) >= 11 is 7.06. The normalized spacial score (nSPS) is 10.5. The summed E-state index contributed by atoms with van der Waals surface area (Å²) in [6.07, 6.45) is 0. The Morgan fingerprint density at radius 1 is 1.22 bits per heavy atom. The van der Waals surface area contributed by atoms with E-state index in [-0.39, 0.29) is 0 Å². The zero-order valence-electron chi connectivity index (χ0n) is 12.5. The minimum atomic E-state index is -0.398. The zero-order valence-corrected chi connectivity index (χ0v) is 14.2. The maximum atomic E-state index is 12.4. The highest BCUT2D eigenvalue weighted by Gasteiger charge is 2.18. The molecule has 0 fully saturated rings. The molecule has 1 N–H and O–H groups in total. The van der Waals surface area contributed by atoms with Crippen LogP contribution in [0.2, 0.25) is 0 Å². The van der Waals surface area contributed by atoms with Gasteiger partial charge in [0.25, 0.3) is 0 Å². The molecular weight excluding hydrogens is 326 g/mol. The molecule has 0 spiro atoms. The third kappa shape index (κ3) is 3.25. The van der Waals surface area contributed by atoms with Crippen LogP contribution in [0.5, 0.6) is 0 Å². The van der Waals surface area contributed by atoms with Crippen molar-refractivity contribution in [3.05, 3.63) is 64.1 Å². The lowest BCUT2D eigenvalue weighted by molar-refractivity contribution is 0.0526. The minimum absolute atomic E-state index is 0.314. The fourth-order valence-corrected chi connectivity index (χ4v) is 3.38. The van der Waals surface area contributed by atoms with Gasteiger partial charge in [-0.05, 0) is 30.0 Å². The van der Waals surface area contributed by atoms with Crippen LogP contribution >= 0.6 is 23.6 Å². The van der Waals surface area contributed by atoms with Gasteiger partial charge in [-0.25, -0.2) is 4.79 Å². The Bertz CT molecular complexity index is 868. The number of pyridine rings is 1. The molecule has 0 aliphatic carbocycles. The lowest BCUT2D eigenvalue weighted by atomic mass is 10.0. The summed E-state index contributed by atoms with van der Waals surface area (Å²) in [6, 6.07) is 15.7. The third-order valence-corrected chi connectivity index (χ3v) is 4.59. The number of rotatable bonds is 4. The number of H-pyrrole nitrogens is 1. The Morgan fingerprint density at radius 2 is 2.00 bits per heavy atom. The van der Waals surface area contributed by atoms with Gasteiger partial charge < -0.3 is 9.72 Å². The van der Waals surface area contributed by atoms with E-state index in [9.17, 15) is 4.79 Å². The Morgan fingerprint density at radius 3 is 2.65 bits per heavy atom. The molecule has 23 heavy (non-hydrogen) atoms. The molecule has 0 aliphatic rings. The smallest absolute Gasteiger partial charge is 0.341 e. The maximum absolute atomic E-state index is 12.4. The van der Waals surface area contributed by atoms with Crippen molar-refractivity contribution in [1.29, 1.82) is 0 Å². The zero-order chi connectivity index (χ0) is 16.2. The average Bonchev–Trinajstić information content (AvgIpc) is 3.09. The first-order chi connectivity index (χ1) is 11.2. The number of nitrogens with one attached hydrogen (secondary N) is 1. The summed E-state index contributed by atoms with van der Waals surface area (Å²) in [6.45, 7) is 2.10. The number of hydrogen-bond acceptors (Lipinski definition) is 4. The Balaban J connectivity index is 2.24. The van der Waals surface area contributed by atoms with Crippen LogP contribution in [-0.4, -0.2) is 17.6 Å².